The second kappa shape index (κ2) is 8.38. The third-order valence-corrected chi connectivity index (χ3v) is 6.13. The summed E-state index contributed by atoms with van der Waals surface area (Å²) < 4.78 is 0. The summed E-state index contributed by atoms with van der Waals surface area (Å²) in [6, 6.07) is 14.5. The van der Waals surface area contributed by atoms with Gasteiger partial charge in [0.25, 0.3) is 0 Å². The van der Waals surface area contributed by atoms with Crippen molar-refractivity contribution in [3.05, 3.63) is 89.4 Å². The molecule has 3 aromatic rings. The number of aromatic nitrogens is 3. The number of aliphatic hydroxyl groups excluding tert-OH is 1. The Bertz CT molecular complexity index is 1070. The number of pyridine rings is 1. The van der Waals surface area contributed by atoms with Gasteiger partial charge in [0.05, 0.1) is 5.69 Å². The van der Waals surface area contributed by atoms with Crippen LogP contribution in [0.2, 0.25) is 0 Å². The monoisotopic (exact) mass is 398 g/mol. The Morgan fingerprint density at radius 1 is 1.03 bits per heavy atom. The van der Waals surface area contributed by atoms with E-state index in [9.17, 15) is 5.11 Å². The zero-order valence-electron chi connectivity index (χ0n) is 17.0. The van der Waals surface area contributed by atoms with E-state index >= 15 is 0 Å². The Kier molecular flexibility index (Phi) is 5.30. The Morgan fingerprint density at radius 3 is 2.70 bits per heavy atom. The fourth-order valence-corrected chi connectivity index (χ4v) is 4.51. The van der Waals surface area contributed by atoms with Crippen molar-refractivity contribution in [1.29, 1.82) is 0 Å². The van der Waals surface area contributed by atoms with Crippen LogP contribution < -0.4 is 0 Å². The molecule has 2 N–H and O–H groups in total. The molecule has 0 saturated carbocycles. The average molecular weight is 399 g/mol. The number of benzene rings is 1. The van der Waals surface area contributed by atoms with Crippen molar-refractivity contribution in [3.8, 4) is 11.3 Å². The molecule has 0 saturated heterocycles. The summed E-state index contributed by atoms with van der Waals surface area (Å²) in [5.41, 5.74) is 8.22. The minimum absolute atomic E-state index is 0.501. The highest BCUT2D eigenvalue weighted by molar-refractivity contribution is 5.77. The van der Waals surface area contributed by atoms with Crippen molar-refractivity contribution in [3.63, 3.8) is 0 Å². The summed E-state index contributed by atoms with van der Waals surface area (Å²) in [6.07, 6.45) is 11.1. The van der Waals surface area contributed by atoms with Gasteiger partial charge in [-0.2, -0.15) is 5.10 Å². The predicted octanol–water partition coefficient (Wildman–Crippen LogP) is 4.34. The molecule has 0 radical (unpaired) electrons. The van der Waals surface area contributed by atoms with Gasteiger partial charge in [-0.25, -0.2) is 0 Å². The maximum absolute atomic E-state index is 11.1. The lowest BCUT2D eigenvalue weighted by atomic mass is 9.89. The van der Waals surface area contributed by atoms with E-state index in [2.05, 4.69) is 56.5 Å². The Labute approximate surface area is 176 Å². The first-order valence-electron chi connectivity index (χ1n) is 10.6. The van der Waals surface area contributed by atoms with Crippen LogP contribution in [0.25, 0.3) is 16.8 Å². The highest BCUT2D eigenvalue weighted by atomic mass is 16.3. The molecule has 5 rings (SSSR count). The van der Waals surface area contributed by atoms with Crippen LogP contribution in [0.4, 0.5) is 0 Å². The summed E-state index contributed by atoms with van der Waals surface area (Å²) in [6.45, 7) is 1.53. The van der Waals surface area contributed by atoms with Crippen molar-refractivity contribution < 1.29 is 5.11 Å². The zero-order chi connectivity index (χ0) is 20.3. The van der Waals surface area contributed by atoms with Crippen LogP contribution in [-0.2, 0) is 13.0 Å². The lowest BCUT2D eigenvalue weighted by molar-refractivity contribution is -0.00527. The summed E-state index contributed by atoms with van der Waals surface area (Å²) in [5.74, 6) is 0. The van der Waals surface area contributed by atoms with E-state index in [0.717, 1.165) is 37.1 Å². The summed E-state index contributed by atoms with van der Waals surface area (Å²) in [7, 11) is 0. The van der Waals surface area contributed by atoms with E-state index < -0.39 is 6.23 Å². The van der Waals surface area contributed by atoms with Crippen molar-refractivity contribution in [2.45, 2.75) is 38.5 Å². The van der Waals surface area contributed by atoms with Gasteiger partial charge in [-0.05, 0) is 36.1 Å². The third kappa shape index (κ3) is 3.74. The van der Waals surface area contributed by atoms with Gasteiger partial charge >= 0.3 is 0 Å². The predicted molar refractivity (Wildman–Crippen MR) is 118 cm³/mol. The Balaban J connectivity index is 1.37. The second-order valence-corrected chi connectivity index (χ2v) is 7.99. The summed E-state index contributed by atoms with van der Waals surface area (Å²) in [4.78, 5) is 6.29. The van der Waals surface area contributed by atoms with E-state index in [1.54, 1.807) is 12.4 Å². The van der Waals surface area contributed by atoms with Gasteiger partial charge in [0.15, 0.2) is 0 Å². The molecule has 5 heteroatoms. The van der Waals surface area contributed by atoms with E-state index in [1.807, 2.05) is 18.2 Å². The molecular formula is C25H26N4O. The first-order valence-corrected chi connectivity index (χ1v) is 10.6. The number of fused-ring (bicyclic) bond motifs is 1. The Morgan fingerprint density at radius 2 is 1.87 bits per heavy atom. The van der Waals surface area contributed by atoms with E-state index in [4.69, 9.17) is 0 Å². The number of rotatable bonds is 5. The highest BCUT2D eigenvalue weighted by Crippen LogP contribution is 2.33. The average Bonchev–Trinajstić information content (AvgIpc) is 3.24. The summed E-state index contributed by atoms with van der Waals surface area (Å²) in [5, 5.41) is 18.9. The highest BCUT2D eigenvalue weighted by Gasteiger charge is 2.27. The van der Waals surface area contributed by atoms with Crippen LogP contribution in [0, 0.1) is 0 Å². The maximum atomic E-state index is 11.1. The molecular weight excluding hydrogens is 372 g/mol. The van der Waals surface area contributed by atoms with Crippen LogP contribution in [0.15, 0.2) is 72.6 Å². The topological polar surface area (TPSA) is 65.0 Å². The molecule has 0 fully saturated rings. The summed E-state index contributed by atoms with van der Waals surface area (Å²) >= 11 is 0. The number of nitrogens with one attached hydrogen (secondary N) is 1. The van der Waals surface area contributed by atoms with Crippen LogP contribution in [0.1, 0.15) is 36.1 Å². The Hall–Kier alpha value is -3.02. The number of aliphatic hydroxyl groups is 1. The van der Waals surface area contributed by atoms with Crippen LogP contribution in [0.3, 0.4) is 0 Å². The molecule has 1 aliphatic heterocycles. The number of aromatic amines is 1. The van der Waals surface area contributed by atoms with E-state index in [1.165, 1.54) is 28.0 Å². The fraction of sp³-hybridized carbons (Fsp3) is 0.280. The minimum Gasteiger partial charge on any atom is -0.378 e. The van der Waals surface area contributed by atoms with Crippen molar-refractivity contribution >= 4 is 5.57 Å². The fourth-order valence-electron chi connectivity index (χ4n) is 4.51. The van der Waals surface area contributed by atoms with Gasteiger partial charge < -0.3 is 5.11 Å². The third-order valence-electron chi connectivity index (χ3n) is 6.13. The smallest absolute Gasteiger partial charge is 0.111 e. The normalized spacial score (nSPS) is 17.8. The molecule has 5 nitrogen and oxygen atoms in total. The SMILES string of the molecule is OC(CC1=C(c2ccccc2)C=CCC1)N1CCc2[nH]nc(-c3ccncc3)c2C1. The molecule has 30 heavy (non-hydrogen) atoms. The number of nitrogens with zero attached hydrogens (tertiary/aromatic N) is 3. The van der Waals surface area contributed by atoms with E-state index in [0.29, 0.717) is 13.0 Å². The van der Waals surface area contributed by atoms with Gasteiger partial charge in [0, 0.05) is 55.1 Å². The van der Waals surface area contributed by atoms with Gasteiger partial charge in [0.2, 0.25) is 0 Å². The van der Waals surface area contributed by atoms with Crippen LogP contribution in [0.5, 0.6) is 0 Å². The largest absolute Gasteiger partial charge is 0.378 e. The van der Waals surface area contributed by atoms with Gasteiger partial charge in [-0.1, -0.05) is 48.1 Å². The lowest BCUT2D eigenvalue weighted by Crippen LogP contribution is -2.39. The molecule has 152 valence electrons. The second-order valence-electron chi connectivity index (χ2n) is 7.99. The van der Waals surface area contributed by atoms with Crippen LogP contribution >= 0.6 is 0 Å². The van der Waals surface area contributed by atoms with Crippen LogP contribution in [-0.4, -0.2) is 38.0 Å². The molecule has 0 bridgehead atoms. The molecule has 0 spiro atoms. The molecule has 3 heterocycles. The van der Waals surface area contributed by atoms with Crippen molar-refractivity contribution in [1.82, 2.24) is 20.1 Å². The minimum atomic E-state index is -0.501. The molecule has 2 aromatic heterocycles. The quantitative estimate of drug-likeness (QED) is 0.671. The van der Waals surface area contributed by atoms with Crippen molar-refractivity contribution in [2.75, 3.05) is 6.54 Å². The van der Waals surface area contributed by atoms with Gasteiger partial charge in [0.1, 0.15) is 6.23 Å². The molecule has 0 amide bonds. The number of allylic oxidation sites excluding steroid dienone is 3. The number of hydrogen-bond acceptors (Lipinski definition) is 4. The maximum Gasteiger partial charge on any atom is 0.111 e. The van der Waals surface area contributed by atoms with Crippen molar-refractivity contribution in [2.24, 2.45) is 0 Å². The van der Waals surface area contributed by atoms with Gasteiger partial charge in [-0.3, -0.25) is 15.0 Å². The first kappa shape index (κ1) is 19.0. The molecule has 1 aromatic carbocycles. The standard InChI is InChI=1S/C25H26N4O/c30-24(16-20-8-4-5-9-21(20)18-6-2-1-3-7-18)29-15-12-23-22(17-29)25(28-27-23)19-10-13-26-14-11-19/h1-3,5-7,9-11,13-14,24,30H,4,8,12,15-17H2,(H,27,28). The number of hydrogen-bond donors (Lipinski definition) is 2. The molecule has 1 atom stereocenters. The lowest BCUT2D eigenvalue weighted by Gasteiger charge is -2.32. The molecule has 2 aliphatic rings. The van der Waals surface area contributed by atoms with Gasteiger partial charge in [-0.15, -0.1) is 0 Å². The molecule has 1 aliphatic carbocycles. The molecule has 1 unspecified atom stereocenters. The number of H-pyrrole nitrogens is 1. The van der Waals surface area contributed by atoms with E-state index in [-0.39, 0.29) is 0 Å². The zero-order valence-corrected chi connectivity index (χ0v) is 17.0. The first-order chi connectivity index (χ1) is 14.8.